The predicted octanol–water partition coefficient (Wildman–Crippen LogP) is 3.49. The standard InChI is InChI=1S/C25H27N3O3S/c29-22(27-16-13-18-9-3-4-10-19(18)27)17-28-20-11-5-6-12-21(20)32-23(25(28)31)24(30)26-14-7-1-2-8-15-26/h3-6,9-12,23H,1-2,7-8,13-17H2. The second-order valence-electron chi connectivity index (χ2n) is 8.55. The Kier molecular flexibility index (Phi) is 5.91. The lowest BCUT2D eigenvalue weighted by molar-refractivity contribution is -0.135. The molecule has 3 amide bonds. The molecule has 0 radical (unpaired) electrons. The van der Waals surface area contributed by atoms with Crippen molar-refractivity contribution in [3.8, 4) is 0 Å². The maximum Gasteiger partial charge on any atom is 0.250 e. The van der Waals surface area contributed by atoms with Gasteiger partial charge in [-0.05, 0) is 43.0 Å². The zero-order chi connectivity index (χ0) is 22.1. The van der Waals surface area contributed by atoms with E-state index in [0.29, 0.717) is 25.3 Å². The first-order chi connectivity index (χ1) is 15.6. The van der Waals surface area contributed by atoms with Crippen LogP contribution in [0.5, 0.6) is 0 Å². The van der Waals surface area contributed by atoms with E-state index in [1.54, 1.807) is 4.90 Å². The van der Waals surface area contributed by atoms with E-state index < -0.39 is 5.25 Å². The minimum Gasteiger partial charge on any atom is -0.341 e. The second-order valence-corrected chi connectivity index (χ2v) is 9.70. The number of hydrogen-bond donors (Lipinski definition) is 0. The molecule has 0 bridgehead atoms. The molecule has 6 nitrogen and oxygen atoms in total. The maximum atomic E-state index is 13.5. The van der Waals surface area contributed by atoms with Crippen LogP contribution in [0.4, 0.5) is 11.4 Å². The molecule has 3 aliphatic heterocycles. The Labute approximate surface area is 192 Å². The summed E-state index contributed by atoms with van der Waals surface area (Å²) in [6.45, 7) is 1.96. The lowest BCUT2D eigenvalue weighted by atomic mass is 10.2. The number of amides is 3. The fraction of sp³-hybridized carbons (Fsp3) is 0.400. The van der Waals surface area contributed by atoms with Crippen LogP contribution in [-0.4, -0.2) is 54.1 Å². The number of thioether (sulfide) groups is 1. The van der Waals surface area contributed by atoms with Crippen LogP contribution >= 0.6 is 11.8 Å². The molecule has 1 atom stereocenters. The van der Waals surface area contributed by atoms with E-state index in [4.69, 9.17) is 0 Å². The van der Waals surface area contributed by atoms with Gasteiger partial charge in [0, 0.05) is 30.2 Å². The molecule has 1 unspecified atom stereocenters. The van der Waals surface area contributed by atoms with E-state index >= 15 is 0 Å². The second kappa shape index (κ2) is 8.98. The minimum absolute atomic E-state index is 0.0610. The molecule has 3 aliphatic rings. The quantitative estimate of drug-likeness (QED) is 0.673. The highest BCUT2D eigenvalue weighted by molar-refractivity contribution is 8.01. The molecule has 3 heterocycles. The zero-order valence-electron chi connectivity index (χ0n) is 18.0. The number of para-hydroxylation sites is 2. The zero-order valence-corrected chi connectivity index (χ0v) is 18.9. The van der Waals surface area contributed by atoms with Gasteiger partial charge in [0.05, 0.1) is 5.69 Å². The van der Waals surface area contributed by atoms with Crippen molar-refractivity contribution in [3.05, 3.63) is 54.1 Å². The average molecular weight is 450 g/mol. The Morgan fingerprint density at radius 3 is 2.34 bits per heavy atom. The van der Waals surface area contributed by atoms with Gasteiger partial charge in [0.15, 0.2) is 5.25 Å². The van der Waals surface area contributed by atoms with Gasteiger partial charge in [-0.15, -0.1) is 11.8 Å². The van der Waals surface area contributed by atoms with Crippen LogP contribution in [0.2, 0.25) is 0 Å². The number of carbonyl (C=O) groups excluding carboxylic acids is 3. The van der Waals surface area contributed by atoms with Crippen LogP contribution in [-0.2, 0) is 20.8 Å². The largest absolute Gasteiger partial charge is 0.341 e. The molecular formula is C25H27N3O3S. The summed E-state index contributed by atoms with van der Waals surface area (Å²) in [7, 11) is 0. The molecule has 0 spiro atoms. The normalized spacial score (nSPS) is 20.6. The van der Waals surface area contributed by atoms with Crippen molar-refractivity contribution in [2.24, 2.45) is 0 Å². The van der Waals surface area contributed by atoms with Crippen molar-refractivity contribution < 1.29 is 14.4 Å². The van der Waals surface area contributed by atoms with Crippen LogP contribution in [0.3, 0.4) is 0 Å². The van der Waals surface area contributed by atoms with Gasteiger partial charge < -0.3 is 14.7 Å². The minimum atomic E-state index is -0.832. The molecule has 0 saturated carbocycles. The van der Waals surface area contributed by atoms with E-state index in [1.807, 2.05) is 53.4 Å². The summed E-state index contributed by atoms with van der Waals surface area (Å²) in [5, 5.41) is -0.832. The highest BCUT2D eigenvalue weighted by atomic mass is 32.2. The summed E-state index contributed by atoms with van der Waals surface area (Å²) in [4.78, 5) is 46.2. The predicted molar refractivity (Wildman–Crippen MR) is 126 cm³/mol. The molecule has 0 aliphatic carbocycles. The number of fused-ring (bicyclic) bond motifs is 2. The SMILES string of the molecule is O=C(C1Sc2ccccc2N(CC(=O)N2CCc3ccccc32)C1=O)N1CCCCCC1. The first kappa shape index (κ1) is 21.1. The van der Waals surface area contributed by atoms with Crippen LogP contribution in [0, 0.1) is 0 Å². The van der Waals surface area contributed by atoms with E-state index in [-0.39, 0.29) is 24.3 Å². The molecule has 1 saturated heterocycles. The van der Waals surface area contributed by atoms with Crippen LogP contribution in [0.15, 0.2) is 53.4 Å². The molecule has 2 aromatic carbocycles. The molecule has 32 heavy (non-hydrogen) atoms. The smallest absolute Gasteiger partial charge is 0.250 e. The fourth-order valence-electron chi connectivity index (χ4n) is 4.81. The molecule has 1 fully saturated rings. The Morgan fingerprint density at radius 2 is 1.56 bits per heavy atom. The lowest BCUT2D eigenvalue weighted by Gasteiger charge is -2.35. The van der Waals surface area contributed by atoms with E-state index in [1.165, 1.54) is 16.7 Å². The number of rotatable bonds is 3. The monoisotopic (exact) mass is 449 g/mol. The van der Waals surface area contributed by atoms with Crippen molar-refractivity contribution in [2.45, 2.75) is 42.2 Å². The maximum absolute atomic E-state index is 13.5. The molecule has 0 aromatic heterocycles. The number of anilines is 2. The molecule has 0 N–H and O–H groups in total. The van der Waals surface area contributed by atoms with Crippen molar-refractivity contribution in [2.75, 3.05) is 36.0 Å². The third-order valence-electron chi connectivity index (χ3n) is 6.51. The fourth-order valence-corrected chi connectivity index (χ4v) is 6.00. The first-order valence-electron chi connectivity index (χ1n) is 11.4. The van der Waals surface area contributed by atoms with E-state index in [2.05, 4.69) is 0 Å². The molecule has 2 aromatic rings. The van der Waals surface area contributed by atoms with Crippen LogP contribution < -0.4 is 9.80 Å². The Morgan fingerprint density at radius 1 is 0.875 bits per heavy atom. The lowest BCUT2D eigenvalue weighted by Crippen LogP contribution is -2.52. The van der Waals surface area contributed by atoms with Crippen molar-refractivity contribution >= 4 is 40.9 Å². The van der Waals surface area contributed by atoms with Gasteiger partial charge in [-0.25, -0.2) is 0 Å². The Hall–Kier alpha value is -2.80. The van der Waals surface area contributed by atoms with Gasteiger partial charge in [0.1, 0.15) is 6.54 Å². The molecule has 7 heteroatoms. The highest BCUT2D eigenvalue weighted by Gasteiger charge is 2.41. The van der Waals surface area contributed by atoms with Gasteiger partial charge in [-0.2, -0.15) is 0 Å². The van der Waals surface area contributed by atoms with Crippen LogP contribution in [0.1, 0.15) is 31.2 Å². The van der Waals surface area contributed by atoms with Gasteiger partial charge in [-0.3, -0.25) is 14.4 Å². The van der Waals surface area contributed by atoms with Crippen LogP contribution in [0.25, 0.3) is 0 Å². The summed E-state index contributed by atoms with van der Waals surface area (Å²) < 4.78 is 0. The van der Waals surface area contributed by atoms with E-state index in [0.717, 1.165) is 48.3 Å². The Bertz CT molecular complexity index is 1050. The average Bonchev–Trinajstić information content (AvgIpc) is 3.06. The topological polar surface area (TPSA) is 60.9 Å². The van der Waals surface area contributed by atoms with Gasteiger partial charge in [0.25, 0.3) is 5.91 Å². The Balaban J connectivity index is 1.40. The highest BCUT2D eigenvalue weighted by Crippen LogP contribution is 2.40. The molecular weight excluding hydrogens is 422 g/mol. The third-order valence-corrected chi connectivity index (χ3v) is 7.75. The van der Waals surface area contributed by atoms with E-state index in [9.17, 15) is 14.4 Å². The number of likely N-dealkylation sites (tertiary alicyclic amines) is 1. The van der Waals surface area contributed by atoms with Gasteiger partial charge in [0.2, 0.25) is 11.8 Å². The summed E-state index contributed by atoms with van der Waals surface area (Å²) in [6.07, 6.45) is 5.01. The third kappa shape index (κ3) is 3.90. The number of nitrogens with zero attached hydrogens (tertiary/aromatic N) is 3. The van der Waals surface area contributed by atoms with Gasteiger partial charge >= 0.3 is 0 Å². The van der Waals surface area contributed by atoms with Crippen molar-refractivity contribution in [1.29, 1.82) is 0 Å². The number of benzene rings is 2. The summed E-state index contributed by atoms with van der Waals surface area (Å²) >= 11 is 1.32. The molecule has 166 valence electrons. The summed E-state index contributed by atoms with van der Waals surface area (Å²) in [5.41, 5.74) is 2.78. The number of hydrogen-bond acceptors (Lipinski definition) is 4. The molecule has 5 rings (SSSR count). The summed E-state index contributed by atoms with van der Waals surface area (Å²) in [6, 6.07) is 15.5. The number of carbonyl (C=O) groups is 3. The van der Waals surface area contributed by atoms with Crippen molar-refractivity contribution in [3.63, 3.8) is 0 Å². The van der Waals surface area contributed by atoms with Crippen molar-refractivity contribution in [1.82, 2.24) is 4.90 Å². The first-order valence-corrected chi connectivity index (χ1v) is 12.3. The van der Waals surface area contributed by atoms with Gasteiger partial charge in [-0.1, -0.05) is 43.2 Å². The summed E-state index contributed by atoms with van der Waals surface area (Å²) in [5.74, 6) is -0.532.